The zero-order chi connectivity index (χ0) is 13.9. The van der Waals surface area contributed by atoms with Gasteiger partial charge in [-0.2, -0.15) is 0 Å². The predicted octanol–water partition coefficient (Wildman–Crippen LogP) is 2.22. The number of hydrogen-bond acceptors (Lipinski definition) is 4. The van der Waals surface area contributed by atoms with Crippen molar-refractivity contribution in [2.75, 3.05) is 26.2 Å². The summed E-state index contributed by atoms with van der Waals surface area (Å²) in [6.45, 7) is 3.42. The number of hydrogen-bond donors (Lipinski definition) is 0. The summed E-state index contributed by atoms with van der Waals surface area (Å²) in [4.78, 5) is 13.3. The maximum absolute atomic E-state index is 13.6. The van der Waals surface area contributed by atoms with Crippen LogP contribution in [-0.4, -0.2) is 32.8 Å². The second-order valence-corrected chi connectivity index (χ2v) is 4.43. The molecule has 0 bridgehead atoms. The first-order chi connectivity index (χ1) is 8.34. The third kappa shape index (κ3) is 2.55. The van der Waals surface area contributed by atoms with Crippen molar-refractivity contribution in [1.82, 2.24) is 0 Å². The van der Waals surface area contributed by atoms with Gasteiger partial charge in [0.15, 0.2) is 11.6 Å². The molecule has 0 saturated carbocycles. The summed E-state index contributed by atoms with van der Waals surface area (Å²) in [6.07, 6.45) is 0. The van der Waals surface area contributed by atoms with Gasteiger partial charge in [-0.3, -0.25) is 0 Å². The van der Waals surface area contributed by atoms with E-state index in [0.29, 0.717) is 5.69 Å². The largest absolute Gasteiger partial charge is 0.494 e. The van der Waals surface area contributed by atoms with E-state index in [1.54, 1.807) is 31.9 Å². The molecule has 0 aliphatic carbocycles. The molecule has 0 unspecified atom stereocenters. The first-order valence-electron chi connectivity index (χ1n) is 5.50. The van der Waals surface area contributed by atoms with Crippen LogP contribution >= 0.6 is 0 Å². The number of nitrogens with zero attached hydrogens (tertiary/aromatic N) is 1. The summed E-state index contributed by atoms with van der Waals surface area (Å²) in [5.41, 5.74) is -0.306. The van der Waals surface area contributed by atoms with E-state index in [1.165, 1.54) is 26.4 Å². The van der Waals surface area contributed by atoms with E-state index in [-0.39, 0.29) is 11.7 Å². The maximum atomic E-state index is 13.6. The molecule has 4 nitrogen and oxygen atoms in total. The molecule has 0 aliphatic heterocycles. The fraction of sp³-hybridized carbons (Fsp3) is 0.462. The van der Waals surface area contributed by atoms with E-state index in [9.17, 15) is 9.18 Å². The molecule has 100 valence electrons. The molecule has 0 amide bonds. The lowest BCUT2D eigenvalue weighted by atomic mass is 10.0. The lowest BCUT2D eigenvalue weighted by molar-refractivity contribution is -0.145. The van der Waals surface area contributed by atoms with Crippen molar-refractivity contribution in [3.05, 3.63) is 24.0 Å². The minimum absolute atomic E-state index is 0.169. The lowest BCUT2D eigenvalue weighted by Gasteiger charge is -2.34. The number of carbonyl (C=O) groups is 1. The average molecular weight is 255 g/mol. The van der Waals surface area contributed by atoms with Gasteiger partial charge in [-0.25, -0.2) is 9.18 Å². The van der Waals surface area contributed by atoms with Gasteiger partial charge < -0.3 is 14.4 Å². The van der Waals surface area contributed by atoms with Crippen LogP contribution in [-0.2, 0) is 9.53 Å². The van der Waals surface area contributed by atoms with Gasteiger partial charge in [0.1, 0.15) is 5.54 Å². The summed E-state index contributed by atoms with van der Waals surface area (Å²) < 4.78 is 23.2. The van der Waals surface area contributed by atoms with E-state index < -0.39 is 11.4 Å². The fourth-order valence-corrected chi connectivity index (χ4v) is 1.57. The quantitative estimate of drug-likeness (QED) is 0.773. The summed E-state index contributed by atoms with van der Waals surface area (Å²) in [6, 6.07) is 4.53. The first-order valence-corrected chi connectivity index (χ1v) is 5.50. The normalized spacial score (nSPS) is 11.0. The number of esters is 1. The molecule has 1 aromatic rings. The van der Waals surface area contributed by atoms with Crippen molar-refractivity contribution in [1.29, 1.82) is 0 Å². The number of likely N-dealkylation sites (N-methyl/N-ethyl adjacent to an activating group) is 1. The van der Waals surface area contributed by atoms with Gasteiger partial charge in [-0.1, -0.05) is 0 Å². The zero-order valence-corrected chi connectivity index (χ0v) is 11.3. The van der Waals surface area contributed by atoms with Crippen LogP contribution in [0, 0.1) is 5.82 Å². The Kier molecular flexibility index (Phi) is 4.16. The Morgan fingerprint density at radius 1 is 1.33 bits per heavy atom. The second kappa shape index (κ2) is 5.25. The van der Waals surface area contributed by atoms with Crippen LogP contribution in [0.25, 0.3) is 0 Å². The second-order valence-electron chi connectivity index (χ2n) is 4.43. The van der Waals surface area contributed by atoms with Gasteiger partial charge in [-0.15, -0.1) is 0 Å². The molecule has 0 atom stereocenters. The van der Waals surface area contributed by atoms with Crippen LogP contribution in [0.4, 0.5) is 10.1 Å². The minimum atomic E-state index is -0.879. The molecule has 0 N–H and O–H groups in total. The highest BCUT2D eigenvalue weighted by Gasteiger charge is 2.33. The van der Waals surface area contributed by atoms with Crippen LogP contribution in [0.15, 0.2) is 18.2 Å². The Balaban J connectivity index is 3.07. The molecule has 0 spiro atoms. The van der Waals surface area contributed by atoms with E-state index in [1.807, 2.05) is 0 Å². The first kappa shape index (κ1) is 14.3. The molecular formula is C13H18FNO3. The third-order valence-corrected chi connectivity index (χ3v) is 3.05. The molecule has 0 aliphatic rings. The fourth-order valence-electron chi connectivity index (χ4n) is 1.57. The van der Waals surface area contributed by atoms with Crippen molar-refractivity contribution >= 4 is 11.7 Å². The van der Waals surface area contributed by atoms with Crippen molar-refractivity contribution in [2.24, 2.45) is 0 Å². The Bertz CT molecular complexity index is 446. The highest BCUT2D eigenvalue weighted by molar-refractivity contribution is 5.84. The number of carbonyl (C=O) groups excluding carboxylic acids is 1. The highest BCUT2D eigenvalue weighted by atomic mass is 19.1. The Morgan fingerprint density at radius 2 is 1.94 bits per heavy atom. The molecule has 18 heavy (non-hydrogen) atoms. The molecule has 0 radical (unpaired) electrons. The van der Waals surface area contributed by atoms with E-state index >= 15 is 0 Å². The number of rotatable bonds is 4. The molecule has 1 aromatic carbocycles. The van der Waals surface area contributed by atoms with Crippen molar-refractivity contribution in [2.45, 2.75) is 19.4 Å². The standard InChI is InChI=1S/C13H18FNO3/c1-13(2,12(16)18-5)15(3)9-6-7-11(17-4)10(14)8-9/h6-8H,1-5H3. The van der Waals surface area contributed by atoms with E-state index in [0.717, 1.165) is 0 Å². The van der Waals surface area contributed by atoms with Gasteiger partial charge in [0, 0.05) is 18.8 Å². The van der Waals surface area contributed by atoms with E-state index in [2.05, 4.69) is 0 Å². The topological polar surface area (TPSA) is 38.8 Å². The summed E-state index contributed by atoms with van der Waals surface area (Å²) >= 11 is 0. The number of methoxy groups -OCH3 is 2. The number of benzene rings is 1. The molecule has 0 fully saturated rings. The maximum Gasteiger partial charge on any atom is 0.331 e. The van der Waals surface area contributed by atoms with Crippen molar-refractivity contribution in [3.63, 3.8) is 0 Å². The van der Waals surface area contributed by atoms with Gasteiger partial charge in [0.2, 0.25) is 0 Å². The van der Waals surface area contributed by atoms with E-state index in [4.69, 9.17) is 9.47 Å². The smallest absolute Gasteiger partial charge is 0.331 e. The minimum Gasteiger partial charge on any atom is -0.494 e. The van der Waals surface area contributed by atoms with Gasteiger partial charge in [0.25, 0.3) is 0 Å². The van der Waals surface area contributed by atoms with Crippen LogP contribution in [0.3, 0.4) is 0 Å². The number of ether oxygens (including phenoxy) is 2. The molecule has 0 saturated heterocycles. The zero-order valence-electron chi connectivity index (χ0n) is 11.3. The SMILES string of the molecule is COC(=O)C(C)(C)N(C)c1ccc(OC)c(F)c1. The molecule has 0 heterocycles. The summed E-state index contributed by atoms with van der Waals surface area (Å²) in [5.74, 6) is -0.688. The van der Waals surface area contributed by atoms with Crippen LogP contribution < -0.4 is 9.64 Å². The Labute approximate surface area is 106 Å². The molecule has 5 heteroatoms. The lowest BCUT2D eigenvalue weighted by Crippen LogP contribution is -2.48. The third-order valence-electron chi connectivity index (χ3n) is 3.05. The highest BCUT2D eigenvalue weighted by Crippen LogP contribution is 2.27. The monoisotopic (exact) mass is 255 g/mol. The van der Waals surface area contributed by atoms with Gasteiger partial charge in [-0.05, 0) is 26.0 Å². The number of anilines is 1. The number of halogens is 1. The average Bonchev–Trinajstić information content (AvgIpc) is 2.36. The molecule has 1 rings (SSSR count). The van der Waals surface area contributed by atoms with Crippen LogP contribution in [0.2, 0.25) is 0 Å². The van der Waals surface area contributed by atoms with Gasteiger partial charge in [0.05, 0.1) is 14.2 Å². The summed E-state index contributed by atoms with van der Waals surface area (Å²) in [5, 5.41) is 0. The van der Waals surface area contributed by atoms with Crippen LogP contribution in [0.5, 0.6) is 5.75 Å². The molecular weight excluding hydrogens is 237 g/mol. The predicted molar refractivity (Wildman–Crippen MR) is 67.5 cm³/mol. The van der Waals surface area contributed by atoms with Crippen molar-refractivity contribution < 1.29 is 18.7 Å². The Hall–Kier alpha value is -1.78. The van der Waals surface area contributed by atoms with Crippen LogP contribution in [0.1, 0.15) is 13.8 Å². The van der Waals surface area contributed by atoms with Crippen molar-refractivity contribution in [3.8, 4) is 5.75 Å². The van der Waals surface area contributed by atoms with Gasteiger partial charge >= 0.3 is 5.97 Å². The summed E-state index contributed by atoms with van der Waals surface area (Å²) in [7, 11) is 4.44. The molecule has 0 aromatic heterocycles. The Morgan fingerprint density at radius 3 is 2.39 bits per heavy atom.